The van der Waals surface area contributed by atoms with Gasteiger partial charge >= 0.3 is 0 Å². The highest BCUT2D eigenvalue weighted by atomic mass is 35.5. The number of aromatic nitrogens is 2. The summed E-state index contributed by atoms with van der Waals surface area (Å²) in [7, 11) is 4.00. The highest BCUT2D eigenvalue weighted by Gasteiger charge is 2.29. The average Bonchev–Trinajstić information content (AvgIpc) is 2.66. The molecule has 0 radical (unpaired) electrons. The minimum atomic E-state index is -0.978. The molecule has 102 valence electrons. The second-order valence-electron chi connectivity index (χ2n) is 4.97. The van der Waals surface area contributed by atoms with Crippen LogP contribution >= 0.6 is 11.6 Å². The van der Waals surface area contributed by atoms with E-state index in [0.717, 1.165) is 13.0 Å². The van der Waals surface area contributed by atoms with Crippen molar-refractivity contribution in [3.05, 3.63) is 29.6 Å². The van der Waals surface area contributed by atoms with Crippen molar-refractivity contribution in [2.45, 2.75) is 31.9 Å². The molecule has 1 rings (SSSR count). The van der Waals surface area contributed by atoms with E-state index in [1.54, 1.807) is 23.9 Å². The molecule has 1 aromatic rings. The first-order valence-electron chi connectivity index (χ1n) is 6.08. The normalized spacial score (nSPS) is 14.8. The van der Waals surface area contributed by atoms with E-state index in [2.05, 4.69) is 16.6 Å². The Balaban J connectivity index is 2.91. The summed E-state index contributed by atoms with van der Waals surface area (Å²) in [6.45, 7) is 7.00. The number of halogens is 1. The van der Waals surface area contributed by atoms with Crippen LogP contribution in [0.4, 0.5) is 0 Å². The number of nitrogens with zero attached hydrogens (tertiary/aromatic N) is 3. The molecule has 0 spiro atoms. The van der Waals surface area contributed by atoms with Gasteiger partial charge in [-0.15, -0.1) is 6.58 Å². The quantitative estimate of drug-likeness (QED) is 0.774. The zero-order valence-electron chi connectivity index (χ0n) is 11.4. The van der Waals surface area contributed by atoms with Gasteiger partial charge in [-0.3, -0.25) is 4.68 Å². The van der Waals surface area contributed by atoms with Crippen molar-refractivity contribution in [2.75, 3.05) is 20.6 Å². The molecule has 0 bridgehead atoms. The molecule has 0 saturated heterocycles. The minimum Gasteiger partial charge on any atom is -0.384 e. The predicted octanol–water partition coefficient (Wildman–Crippen LogP) is 2.27. The third kappa shape index (κ3) is 3.83. The Labute approximate surface area is 114 Å². The summed E-state index contributed by atoms with van der Waals surface area (Å²) in [5.41, 5.74) is -0.290. The van der Waals surface area contributed by atoms with Gasteiger partial charge in [0.15, 0.2) is 0 Å². The van der Waals surface area contributed by atoms with Crippen LogP contribution in [0.15, 0.2) is 18.9 Å². The monoisotopic (exact) mass is 271 g/mol. The lowest BCUT2D eigenvalue weighted by molar-refractivity contribution is 0.0390. The minimum absolute atomic E-state index is 0.516. The molecule has 1 heterocycles. The summed E-state index contributed by atoms with van der Waals surface area (Å²) in [5, 5.41) is 15.3. The summed E-state index contributed by atoms with van der Waals surface area (Å²) >= 11 is 6.14. The van der Waals surface area contributed by atoms with Crippen molar-refractivity contribution in [2.24, 2.45) is 0 Å². The molecule has 18 heavy (non-hydrogen) atoms. The first kappa shape index (κ1) is 15.2. The molecule has 0 aliphatic heterocycles. The van der Waals surface area contributed by atoms with Crippen molar-refractivity contribution in [3.8, 4) is 0 Å². The first-order chi connectivity index (χ1) is 8.38. The van der Waals surface area contributed by atoms with Gasteiger partial charge in [-0.2, -0.15) is 5.10 Å². The molecule has 5 heteroatoms. The summed E-state index contributed by atoms with van der Waals surface area (Å²) in [6.07, 6.45) is 4.71. The molecule has 1 atom stereocenters. The van der Waals surface area contributed by atoms with Crippen molar-refractivity contribution >= 4 is 11.6 Å². The van der Waals surface area contributed by atoms with Gasteiger partial charge < -0.3 is 10.0 Å². The van der Waals surface area contributed by atoms with Crippen LogP contribution in [-0.2, 0) is 12.1 Å². The zero-order chi connectivity index (χ0) is 13.8. The van der Waals surface area contributed by atoms with Crippen LogP contribution < -0.4 is 0 Å². The molecule has 0 amide bonds. The third-order valence-electron chi connectivity index (χ3n) is 2.90. The number of allylic oxidation sites excluding steroid dienone is 1. The van der Waals surface area contributed by atoms with E-state index in [0.29, 0.717) is 23.7 Å². The Morgan fingerprint density at radius 2 is 2.28 bits per heavy atom. The summed E-state index contributed by atoms with van der Waals surface area (Å²) in [4.78, 5) is 2.07. The van der Waals surface area contributed by atoms with E-state index >= 15 is 0 Å². The molecule has 0 aliphatic rings. The van der Waals surface area contributed by atoms with Crippen molar-refractivity contribution in [1.82, 2.24) is 14.7 Å². The lowest BCUT2D eigenvalue weighted by atomic mass is 9.96. The number of likely N-dealkylation sites (N-methyl/N-ethyl adjacent to an activating group) is 1. The van der Waals surface area contributed by atoms with Crippen LogP contribution in [0.2, 0.25) is 5.02 Å². The molecular formula is C13H22ClN3O. The van der Waals surface area contributed by atoms with Gasteiger partial charge in [-0.1, -0.05) is 17.7 Å². The Morgan fingerprint density at radius 1 is 1.61 bits per heavy atom. The number of hydrogen-bond donors (Lipinski definition) is 1. The van der Waals surface area contributed by atoms with Gasteiger partial charge in [0.2, 0.25) is 0 Å². The van der Waals surface area contributed by atoms with Crippen LogP contribution in [0.5, 0.6) is 0 Å². The van der Waals surface area contributed by atoms with Gasteiger partial charge in [-0.25, -0.2) is 0 Å². The molecule has 0 aliphatic carbocycles. The van der Waals surface area contributed by atoms with Crippen LogP contribution in [0.1, 0.15) is 25.5 Å². The predicted molar refractivity (Wildman–Crippen MR) is 74.8 cm³/mol. The topological polar surface area (TPSA) is 41.3 Å². The first-order valence-corrected chi connectivity index (χ1v) is 6.46. The van der Waals surface area contributed by atoms with Crippen molar-refractivity contribution in [1.29, 1.82) is 0 Å². The molecule has 0 saturated carbocycles. The largest absolute Gasteiger partial charge is 0.384 e. The fourth-order valence-electron chi connectivity index (χ4n) is 1.86. The molecule has 1 aromatic heterocycles. The summed E-state index contributed by atoms with van der Waals surface area (Å²) in [5.74, 6) is 0. The van der Waals surface area contributed by atoms with Gasteiger partial charge in [0.05, 0.1) is 23.5 Å². The number of hydrogen-bond acceptors (Lipinski definition) is 3. The lowest BCUT2D eigenvalue weighted by Crippen LogP contribution is -2.28. The van der Waals surface area contributed by atoms with E-state index in [1.165, 1.54) is 0 Å². The maximum atomic E-state index is 10.5. The second-order valence-corrected chi connectivity index (χ2v) is 5.38. The maximum absolute atomic E-state index is 10.5. The second kappa shape index (κ2) is 6.36. The molecular weight excluding hydrogens is 250 g/mol. The Kier molecular flexibility index (Phi) is 5.38. The van der Waals surface area contributed by atoms with Crippen molar-refractivity contribution in [3.63, 3.8) is 0 Å². The summed E-state index contributed by atoms with van der Waals surface area (Å²) in [6, 6.07) is 0. The molecule has 1 N–H and O–H groups in total. The van der Waals surface area contributed by atoms with Gasteiger partial charge in [0.25, 0.3) is 0 Å². The molecule has 1 unspecified atom stereocenters. The van der Waals surface area contributed by atoms with Crippen LogP contribution in [0, 0.1) is 0 Å². The number of rotatable bonds is 7. The van der Waals surface area contributed by atoms with E-state index in [9.17, 15) is 5.11 Å². The average molecular weight is 272 g/mol. The Hall–Kier alpha value is -0.840. The third-order valence-corrected chi connectivity index (χ3v) is 3.18. The van der Waals surface area contributed by atoms with Gasteiger partial charge in [0.1, 0.15) is 5.60 Å². The lowest BCUT2D eigenvalue weighted by Gasteiger charge is -2.25. The maximum Gasteiger partial charge on any atom is 0.105 e. The summed E-state index contributed by atoms with van der Waals surface area (Å²) < 4.78 is 1.78. The fraction of sp³-hybridized carbons (Fsp3) is 0.615. The van der Waals surface area contributed by atoms with E-state index in [-0.39, 0.29) is 0 Å². The highest BCUT2D eigenvalue weighted by molar-refractivity contribution is 6.31. The zero-order valence-corrected chi connectivity index (χ0v) is 12.1. The van der Waals surface area contributed by atoms with Crippen LogP contribution in [0.25, 0.3) is 0 Å². The SMILES string of the molecule is C=CCCC(C)(O)c1c(Cl)cnn1CCN(C)C. The van der Waals surface area contributed by atoms with E-state index in [1.807, 2.05) is 14.1 Å². The molecule has 4 nitrogen and oxygen atoms in total. The van der Waals surface area contributed by atoms with Crippen LogP contribution in [0.3, 0.4) is 0 Å². The standard InChI is InChI=1S/C13H22ClN3O/c1-5-6-7-13(2,18)12-11(14)10-15-17(12)9-8-16(3)4/h5,10,18H,1,6-9H2,2-4H3. The fourth-order valence-corrected chi connectivity index (χ4v) is 2.21. The Bertz CT molecular complexity index is 399. The smallest absolute Gasteiger partial charge is 0.105 e. The highest BCUT2D eigenvalue weighted by Crippen LogP contribution is 2.31. The van der Waals surface area contributed by atoms with E-state index in [4.69, 9.17) is 11.6 Å². The molecule has 0 fully saturated rings. The Morgan fingerprint density at radius 3 is 2.83 bits per heavy atom. The van der Waals surface area contributed by atoms with Gasteiger partial charge in [0, 0.05) is 6.54 Å². The van der Waals surface area contributed by atoms with Crippen LogP contribution in [-0.4, -0.2) is 40.4 Å². The van der Waals surface area contributed by atoms with Crippen molar-refractivity contribution < 1.29 is 5.11 Å². The number of aliphatic hydroxyl groups is 1. The van der Waals surface area contributed by atoms with Gasteiger partial charge in [-0.05, 0) is 33.9 Å². The van der Waals surface area contributed by atoms with E-state index < -0.39 is 5.60 Å². The molecule has 0 aromatic carbocycles.